The minimum atomic E-state index is -1.37. The molecule has 0 aliphatic heterocycles. The number of hydrogen-bond acceptors (Lipinski definition) is 0. The molecule has 1 fully saturated rings. The van der Waals surface area contributed by atoms with Crippen LogP contribution in [0.1, 0.15) is 75.8 Å². The lowest BCUT2D eigenvalue weighted by atomic mass is 9.79. The molecule has 0 bridgehead atoms. The Morgan fingerprint density at radius 3 is 2.38 bits per heavy atom. The quantitative estimate of drug-likeness (QED) is 0.203. The zero-order valence-electron chi connectivity index (χ0n) is 18.6. The van der Waals surface area contributed by atoms with Crippen molar-refractivity contribution in [3.63, 3.8) is 0 Å². The van der Waals surface area contributed by atoms with Gasteiger partial charge in [-0.3, -0.25) is 0 Å². The van der Waals surface area contributed by atoms with Gasteiger partial charge >= 0.3 is 0 Å². The van der Waals surface area contributed by atoms with E-state index in [0.29, 0.717) is 25.2 Å². The number of allylic oxidation sites excluding steroid dienone is 2. The number of halogens is 5. The molecule has 3 rings (SSSR count). The van der Waals surface area contributed by atoms with E-state index in [0.717, 1.165) is 38.2 Å². The van der Waals surface area contributed by atoms with Gasteiger partial charge in [0.15, 0.2) is 17.5 Å². The fraction of sp³-hybridized carbons (Fsp3) is 0.481. The van der Waals surface area contributed by atoms with Crippen molar-refractivity contribution >= 4 is 16.6 Å². The van der Waals surface area contributed by atoms with Crippen molar-refractivity contribution in [2.24, 2.45) is 11.8 Å². The van der Waals surface area contributed by atoms with Crippen molar-refractivity contribution in [1.82, 2.24) is 0 Å². The summed E-state index contributed by atoms with van der Waals surface area (Å²) in [4.78, 5) is 0. The zero-order valence-corrected chi connectivity index (χ0v) is 18.6. The lowest BCUT2D eigenvalue weighted by molar-refractivity contribution is 0.258. The van der Waals surface area contributed by atoms with Gasteiger partial charge in [-0.2, -0.15) is 0 Å². The van der Waals surface area contributed by atoms with Crippen LogP contribution < -0.4 is 0 Å². The summed E-state index contributed by atoms with van der Waals surface area (Å²) in [5.74, 6) is -6.18. The monoisotopic (exact) mass is 450 g/mol. The maximum Gasteiger partial charge on any atom is 0.169 e. The fourth-order valence-corrected chi connectivity index (χ4v) is 4.74. The van der Waals surface area contributed by atoms with Gasteiger partial charge in [0.1, 0.15) is 11.6 Å². The van der Waals surface area contributed by atoms with Gasteiger partial charge in [0.05, 0.1) is 5.39 Å². The molecule has 0 radical (unpaired) electrons. The highest BCUT2D eigenvalue weighted by molar-refractivity contribution is 5.88. The molecule has 0 amide bonds. The first-order valence-corrected chi connectivity index (χ1v) is 11.6. The standard InChI is InChI=1S/C27H31F5/c1-3-5-7-8-17-10-12-18(13-11-17)23(28)26(31)21-15-14-19-16-20(9-6-4-2)24(29)27(32)22(19)25(21)30/h4,14-18H,2-3,5-13H2,1H3. The Hall–Kier alpha value is -2.17. The van der Waals surface area contributed by atoms with Crippen LogP contribution in [0, 0.1) is 29.3 Å². The Balaban J connectivity index is 1.85. The Bertz CT molecular complexity index is 983. The molecule has 0 aromatic heterocycles. The molecule has 0 nitrogen and oxygen atoms in total. The van der Waals surface area contributed by atoms with Crippen LogP contribution in [-0.4, -0.2) is 0 Å². The average Bonchev–Trinajstić information content (AvgIpc) is 2.80. The number of fused-ring (bicyclic) bond motifs is 1. The lowest BCUT2D eigenvalue weighted by Gasteiger charge is -2.28. The predicted octanol–water partition coefficient (Wildman–Crippen LogP) is 9.37. The molecule has 1 aliphatic carbocycles. The van der Waals surface area contributed by atoms with Gasteiger partial charge in [-0.25, -0.2) is 22.0 Å². The largest absolute Gasteiger partial charge is 0.208 e. The van der Waals surface area contributed by atoms with Gasteiger partial charge in [0.2, 0.25) is 0 Å². The number of unbranched alkanes of at least 4 members (excludes halogenated alkanes) is 2. The summed E-state index contributed by atoms with van der Waals surface area (Å²) in [5, 5.41) is -0.532. The van der Waals surface area contributed by atoms with Gasteiger partial charge in [-0.1, -0.05) is 44.7 Å². The van der Waals surface area contributed by atoms with E-state index in [1.807, 2.05) is 0 Å². The van der Waals surface area contributed by atoms with Crippen molar-refractivity contribution in [3.05, 3.63) is 65.3 Å². The van der Waals surface area contributed by atoms with Crippen molar-refractivity contribution in [2.45, 2.75) is 71.1 Å². The molecular weight excluding hydrogens is 419 g/mol. The number of benzene rings is 2. The van der Waals surface area contributed by atoms with Gasteiger partial charge < -0.3 is 0 Å². The Kier molecular flexibility index (Phi) is 8.50. The maximum atomic E-state index is 15.0. The van der Waals surface area contributed by atoms with Gasteiger partial charge in [-0.05, 0) is 67.5 Å². The van der Waals surface area contributed by atoms with E-state index in [1.165, 1.54) is 18.6 Å². The summed E-state index contributed by atoms with van der Waals surface area (Å²) in [5.41, 5.74) is -0.558. The van der Waals surface area contributed by atoms with E-state index in [-0.39, 0.29) is 17.4 Å². The maximum absolute atomic E-state index is 15.0. The van der Waals surface area contributed by atoms with Crippen LogP contribution in [0.4, 0.5) is 22.0 Å². The topological polar surface area (TPSA) is 0 Å². The number of rotatable bonds is 9. The molecule has 174 valence electrons. The van der Waals surface area contributed by atoms with E-state index in [2.05, 4.69) is 13.5 Å². The second-order valence-electron chi connectivity index (χ2n) is 8.89. The molecule has 0 spiro atoms. The second kappa shape index (κ2) is 11.1. The molecule has 0 N–H and O–H groups in total. The smallest absolute Gasteiger partial charge is 0.169 e. The first kappa shape index (κ1) is 24.5. The Morgan fingerprint density at radius 2 is 1.72 bits per heavy atom. The third-order valence-electron chi connectivity index (χ3n) is 6.68. The summed E-state index contributed by atoms with van der Waals surface area (Å²) < 4.78 is 74.0. The molecule has 0 unspecified atom stereocenters. The molecule has 0 saturated heterocycles. The molecule has 2 aromatic carbocycles. The van der Waals surface area contributed by atoms with Gasteiger partial charge in [0, 0.05) is 11.5 Å². The second-order valence-corrected chi connectivity index (χ2v) is 8.89. The van der Waals surface area contributed by atoms with Crippen molar-refractivity contribution < 1.29 is 22.0 Å². The molecule has 5 heteroatoms. The van der Waals surface area contributed by atoms with Gasteiger partial charge in [0.25, 0.3) is 0 Å². The molecule has 1 aliphatic rings. The Labute approximate surface area is 187 Å². The Morgan fingerprint density at radius 1 is 1.00 bits per heavy atom. The highest BCUT2D eigenvalue weighted by Gasteiger charge is 2.28. The highest BCUT2D eigenvalue weighted by atomic mass is 19.2. The number of hydrogen-bond donors (Lipinski definition) is 0. The predicted molar refractivity (Wildman–Crippen MR) is 121 cm³/mol. The van der Waals surface area contributed by atoms with E-state index < -0.39 is 46.0 Å². The average molecular weight is 451 g/mol. The lowest BCUT2D eigenvalue weighted by Crippen LogP contribution is -2.15. The summed E-state index contributed by atoms with van der Waals surface area (Å²) in [7, 11) is 0. The minimum Gasteiger partial charge on any atom is -0.208 e. The summed E-state index contributed by atoms with van der Waals surface area (Å²) in [6.45, 7) is 5.70. The summed E-state index contributed by atoms with van der Waals surface area (Å²) in [6, 6.07) is 3.77. The van der Waals surface area contributed by atoms with E-state index in [1.54, 1.807) is 6.08 Å². The molecular formula is C27H31F5. The van der Waals surface area contributed by atoms with E-state index in [9.17, 15) is 17.6 Å². The summed E-state index contributed by atoms with van der Waals surface area (Å²) >= 11 is 0. The van der Waals surface area contributed by atoms with Crippen LogP contribution in [0.2, 0.25) is 0 Å². The van der Waals surface area contributed by atoms with Gasteiger partial charge in [-0.15, -0.1) is 6.58 Å². The fourth-order valence-electron chi connectivity index (χ4n) is 4.74. The van der Waals surface area contributed by atoms with Crippen LogP contribution in [0.15, 0.2) is 36.7 Å². The van der Waals surface area contributed by atoms with Crippen LogP contribution in [0.5, 0.6) is 0 Å². The molecule has 32 heavy (non-hydrogen) atoms. The van der Waals surface area contributed by atoms with Crippen LogP contribution in [0.25, 0.3) is 16.6 Å². The minimum absolute atomic E-state index is 0.0972. The molecule has 0 heterocycles. The third kappa shape index (κ3) is 5.24. The third-order valence-corrected chi connectivity index (χ3v) is 6.68. The first-order valence-electron chi connectivity index (χ1n) is 11.6. The SMILES string of the molecule is C=CCCc1cc2ccc(C(F)=C(F)C3CCC(CCCCC)CC3)c(F)c2c(F)c1F. The van der Waals surface area contributed by atoms with Crippen molar-refractivity contribution in [3.8, 4) is 0 Å². The highest BCUT2D eigenvalue weighted by Crippen LogP contribution is 2.40. The number of aryl methyl sites for hydroxylation is 1. The van der Waals surface area contributed by atoms with E-state index >= 15 is 4.39 Å². The van der Waals surface area contributed by atoms with Crippen molar-refractivity contribution in [1.29, 1.82) is 0 Å². The zero-order chi connectivity index (χ0) is 23.3. The molecule has 1 saturated carbocycles. The van der Waals surface area contributed by atoms with Crippen LogP contribution in [-0.2, 0) is 6.42 Å². The van der Waals surface area contributed by atoms with Crippen LogP contribution >= 0.6 is 0 Å². The van der Waals surface area contributed by atoms with Crippen molar-refractivity contribution in [2.75, 3.05) is 0 Å². The first-order chi connectivity index (χ1) is 15.4. The summed E-state index contributed by atoms with van der Waals surface area (Å²) in [6.07, 6.45) is 9.49. The van der Waals surface area contributed by atoms with E-state index in [4.69, 9.17) is 0 Å². The molecule has 2 aromatic rings. The normalized spacial score (nSPS) is 19.8. The molecule has 0 atom stereocenters. The van der Waals surface area contributed by atoms with Crippen LogP contribution in [0.3, 0.4) is 0 Å².